The summed E-state index contributed by atoms with van der Waals surface area (Å²) < 4.78 is 0.843. The molecule has 1 atom stereocenters. The van der Waals surface area contributed by atoms with E-state index in [4.69, 9.17) is 0 Å². The van der Waals surface area contributed by atoms with Gasteiger partial charge in [0, 0.05) is 21.9 Å². The van der Waals surface area contributed by atoms with E-state index in [0.29, 0.717) is 17.1 Å². The van der Waals surface area contributed by atoms with Crippen LogP contribution in [0.5, 0.6) is 0 Å². The van der Waals surface area contributed by atoms with Gasteiger partial charge in [-0.15, -0.1) is 0 Å². The highest BCUT2D eigenvalue weighted by molar-refractivity contribution is 9.10. The summed E-state index contributed by atoms with van der Waals surface area (Å²) in [5.41, 5.74) is 1.10. The number of halogens is 1. The molecule has 0 saturated carbocycles. The lowest BCUT2D eigenvalue weighted by Crippen LogP contribution is -2.47. The van der Waals surface area contributed by atoms with Gasteiger partial charge >= 0.3 is 0 Å². The number of hydrogen-bond donors (Lipinski definition) is 2. The van der Waals surface area contributed by atoms with Gasteiger partial charge in [-0.3, -0.25) is 14.5 Å². The summed E-state index contributed by atoms with van der Waals surface area (Å²) in [5.74, 6) is 0.205. The van der Waals surface area contributed by atoms with E-state index in [0.717, 1.165) is 43.2 Å². The lowest BCUT2D eigenvalue weighted by molar-refractivity contribution is -0.122. The second kappa shape index (κ2) is 9.80. The number of aromatic nitrogens is 1. The molecule has 1 saturated heterocycles. The van der Waals surface area contributed by atoms with Gasteiger partial charge in [0.15, 0.2) is 0 Å². The van der Waals surface area contributed by atoms with Crippen molar-refractivity contribution in [1.82, 2.24) is 9.88 Å². The Morgan fingerprint density at radius 2 is 2.07 bits per heavy atom. The van der Waals surface area contributed by atoms with Crippen LogP contribution in [0.2, 0.25) is 0 Å². The van der Waals surface area contributed by atoms with Gasteiger partial charge in [0.1, 0.15) is 5.82 Å². The molecule has 28 heavy (non-hydrogen) atoms. The van der Waals surface area contributed by atoms with Gasteiger partial charge in [-0.05, 0) is 78.6 Å². The Kier molecular flexibility index (Phi) is 7.17. The zero-order valence-corrected chi connectivity index (χ0v) is 17.5. The van der Waals surface area contributed by atoms with Crippen molar-refractivity contribution in [2.45, 2.75) is 38.6 Å². The fraction of sp³-hybridized carbons (Fsp3) is 0.381. The highest BCUT2D eigenvalue weighted by atomic mass is 79.9. The predicted octanol–water partition coefficient (Wildman–Crippen LogP) is 4.30. The number of likely N-dealkylation sites (tertiary alicyclic amines) is 1. The van der Waals surface area contributed by atoms with Crippen molar-refractivity contribution in [3.05, 3.63) is 52.6 Å². The van der Waals surface area contributed by atoms with Crippen LogP contribution in [0, 0.1) is 0 Å². The van der Waals surface area contributed by atoms with Crippen LogP contribution >= 0.6 is 15.9 Å². The SMILES string of the molecule is CCCN1CCCCC1C(=O)Nc1cccc(C(=O)Nc2ccc(Br)cn2)c1. The molecular weight excluding hydrogens is 420 g/mol. The normalized spacial score (nSPS) is 17.1. The number of pyridine rings is 1. The maximum atomic E-state index is 12.8. The average molecular weight is 445 g/mol. The second-order valence-corrected chi connectivity index (χ2v) is 7.85. The summed E-state index contributed by atoms with van der Waals surface area (Å²) in [7, 11) is 0. The molecule has 1 fully saturated rings. The summed E-state index contributed by atoms with van der Waals surface area (Å²) in [6.07, 6.45) is 5.74. The first kappa shape index (κ1) is 20.5. The van der Waals surface area contributed by atoms with Gasteiger partial charge in [0.05, 0.1) is 6.04 Å². The number of carbonyl (C=O) groups excluding carboxylic acids is 2. The number of piperidine rings is 1. The summed E-state index contributed by atoms with van der Waals surface area (Å²) >= 11 is 3.32. The van der Waals surface area contributed by atoms with Crippen LogP contribution in [0.15, 0.2) is 47.1 Å². The fourth-order valence-electron chi connectivity index (χ4n) is 3.44. The first-order valence-electron chi connectivity index (χ1n) is 9.64. The third kappa shape index (κ3) is 5.39. The number of nitrogens with zero attached hydrogens (tertiary/aromatic N) is 2. The Morgan fingerprint density at radius 3 is 2.82 bits per heavy atom. The van der Waals surface area contributed by atoms with Gasteiger partial charge in [0.2, 0.25) is 5.91 Å². The number of carbonyl (C=O) groups is 2. The molecule has 3 rings (SSSR count). The zero-order valence-electron chi connectivity index (χ0n) is 16.0. The van der Waals surface area contributed by atoms with Crippen LogP contribution in [0.25, 0.3) is 0 Å². The summed E-state index contributed by atoms with van der Waals surface area (Å²) in [6.45, 7) is 4.03. The third-order valence-electron chi connectivity index (χ3n) is 4.79. The van der Waals surface area contributed by atoms with Gasteiger partial charge < -0.3 is 10.6 Å². The minimum atomic E-state index is -0.267. The molecule has 2 amide bonds. The van der Waals surface area contributed by atoms with E-state index < -0.39 is 0 Å². The molecule has 2 aromatic rings. The number of rotatable bonds is 6. The standard InChI is InChI=1S/C21H25BrN4O2/c1-2-11-26-12-4-3-8-18(26)21(28)24-17-7-5-6-15(13-17)20(27)25-19-10-9-16(22)14-23-19/h5-7,9-10,13-14,18H,2-4,8,11-12H2,1H3,(H,24,28)(H,23,25,27). The monoisotopic (exact) mass is 444 g/mol. The summed E-state index contributed by atoms with van der Waals surface area (Å²) in [5, 5.41) is 5.75. The number of benzene rings is 1. The molecule has 0 aliphatic carbocycles. The highest BCUT2D eigenvalue weighted by Gasteiger charge is 2.28. The van der Waals surface area contributed by atoms with Crippen molar-refractivity contribution in [3.8, 4) is 0 Å². The molecule has 1 aliphatic heterocycles. The number of amides is 2. The highest BCUT2D eigenvalue weighted by Crippen LogP contribution is 2.20. The van der Waals surface area contributed by atoms with E-state index in [9.17, 15) is 9.59 Å². The number of hydrogen-bond acceptors (Lipinski definition) is 4. The fourth-order valence-corrected chi connectivity index (χ4v) is 3.68. The average Bonchev–Trinajstić information content (AvgIpc) is 2.70. The maximum Gasteiger partial charge on any atom is 0.256 e. The molecule has 1 unspecified atom stereocenters. The van der Waals surface area contributed by atoms with E-state index in [-0.39, 0.29) is 17.9 Å². The first-order chi connectivity index (χ1) is 13.6. The molecule has 2 N–H and O–H groups in total. The van der Waals surface area contributed by atoms with Gasteiger partial charge in [-0.25, -0.2) is 4.98 Å². The second-order valence-electron chi connectivity index (χ2n) is 6.93. The topological polar surface area (TPSA) is 74.3 Å². The molecule has 0 spiro atoms. The quantitative estimate of drug-likeness (QED) is 0.696. The Balaban J connectivity index is 1.66. The Hall–Kier alpha value is -2.25. The zero-order chi connectivity index (χ0) is 19.9. The largest absolute Gasteiger partial charge is 0.325 e. The third-order valence-corrected chi connectivity index (χ3v) is 5.26. The van der Waals surface area contributed by atoms with E-state index in [1.165, 1.54) is 0 Å². The smallest absolute Gasteiger partial charge is 0.256 e. The molecular formula is C21H25BrN4O2. The van der Waals surface area contributed by atoms with Crippen LogP contribution in [-0.2, 0) is 4.79 Å². The van der Waals surface area contributed by atoms with E-state index in [1.54, 1.807) is 36.5 Å². The van der Waals surface area contributed by atoms with E-state index in [1.807, 2.05) is 6.07 Å². The van der Waals surface area contributed by atoms with Crippen LogP contribution < -0.4 is 10.6 Å². The lowest BCUT2D eigenvalue weighted by Gasteiger charge is -2.34. The molecule has 148 valence electrons. The Morgan fingerprint density at radius 1 is 1.21 bits per heavy atom. The minimum Gasteiger partial charge on any atom is -0.325 e. The van der Waals surface area contributed by atoms with Crippen molar-refractivity contribution in [3.63, 3.8) is 0 Å². The van der Waals surface area contributed by atoms with Crippen LogP contribution in [0.1, 0.15) is 43.0 Å². The minimum absolute atomic E-state index is 0.000263. The van der Waals surface area contributed by atoms with Crippen molar-refractivity contribution >= 4 is 39.2 Å². The molecule has 1 aromatic carbocycles. The lowest BCUT2D eigenvalue weighted by atomic mass is 10.0. The van der Waals surface area contributed by atoms with Gasteiger partial charge in [0.25, 0.3) is 5.91 Å². The molecule has 6 nitrogen and oxygen atoms in total. The van der Waals surface area contributed by atoms with Crippen molar-refractivity contribution < 1.29 is 9.59 Å². The molecule has 0 radical (unpaired) electrons. The predicted molar refractivity (Wildman–Crippen MR) is 114 cm³/mol. The number of nitrogens with one attached hydrogen (secondary N) is 2. The van der Waals surface area contributed by atoms with Gasteiger partial charge in [-0.2, -0.15) is 0 Å². The first-order valence-corrected chi connectivity index (χ1v) is 10.4. The van der Waals surface area contributed by atoms with Crippen molar-refractivity contribution in [2.75, 3.05) is 23.7 Å². The molecule has 7 heteroatoms. The van der Waals surface area contributed by atoms with Crippen LogP contribution in [-0.4, -0.2) is 40.8 Å². The number of anilines is 2. The molecule has 1 aromatic heterocycles. The van der Waals surface area contributed by atoms with Crippen LogP contribution in [0.3, 0.4) is 0 Å². The van der Waals surface area contributed by atoms with Crippen LogP contribution in [0.4, 0.5) is 11.5 Å². The summed E-state index contributed by atoms with van der Waals surface area (Å²) in [4.78, 5) is 31.7. The summed E-state index contributed by atoms with van der Waals surface area (Å²) in [6, 6.07) is 10.4. The molecule has 1 aliphatic rings. The van der Waals surface area contributed by atoms with Crippen molar-refractivity contribution in [2.24, 2.45) is 0 Å². The molecule has 0 bridgehead atoms. The van der Waals surface area contributed by atoms with Crippen molar-refractivity contribution in [1.29, 1.82) is 0 Å². The Labute approximate surface area is 173 Å². The van der Waals surface area contributed by atoms with E-state index >= 15 is 0 Å². The van der Waals surface area contributed by atoms with E-state index in [2.05, 4.69) is 43.4 Å². The molecule has 2 heterocycles. The van der Waals surface area contributed by atoms with Gasteiger partial charge in [-0.1, -0.05) is 19.4 Å². The Bertz CT molecular complexity index is 823. The maximum absolute atomic E-state index is 12.8.